The third kappa shape index (κ3) is 4.22. The number of nitrogens with zero attached hydrogens (tertiary/aromatic N) is 1. The molecular weight excluding hydrogens is 280 g/mol. The SMILES string of the molecule is CCNC(=O)c1ccc(OCc2cccnc2)c(OCC)c1. The number of hydrogen-bond donors (Lipinski definition) is 1. The zero-order valence-electron chi connectivity index (χ0n) is 12.8. The molecule has 1 aromatic heterocycles. The Hall–Kier alpha value is -2.56. The van der Waals surface area contributed by atoms with Gasteiger partial charge in [0.05, 0.1) is 6.61 Å². The van der Waals surface area contributed by atoms with Crippen molar-refractivity contribution in [1.82, 2.24) is 10.3 Å². The van der Waals surface area contributed by atoms with E-state index in [-0.39, 0.29) is 5.91 Å². The highest BCUT2D eigenvalue weighted by atomic mass is 16.5. The fourth-order valence-corrected chi connectivity index (χ4v) is 1.94. The van der Waals surface area contributed by atoms with Crippen molar-refractivity contribution < 1.29 is 14.3 Å². The van der Waals surface area contributed by atoms with Gasteiger partial charge in [-0.15, -0.1) is 0 Å². The number of ether oxygens (including phenoxy) is 2. The van der Waals surface area contributed by atoms with Crippen molar-refractivity contribution in [2.45, 2.75) is 20.5 Å². The molecule has 0 fully saturated rings. The zero-order valence-corrected chi connectivity index (χ0v) is 12.8. The van der Waals surface area contributed by atoms with Gasteiger partial charge >= 0.3 is 0 Å². The molecule has 0 radical (unpaired) electrons. The lowest BCUT2D eigenvalue weighted by atomic mass is 10.2. The molecule has 116 valence electrons. The Labute approximate surface area is 130 Å². The first kappa shape index (κ1) is 15.8. The van der Waals surface area contributed by atoms with E-state index in [4.69, 9.17) is 9.47 Å². The first-order chi connectivity index (χ1) is 10.7. The minimum Gasteiger partial charge on any atom is -0.490 e. The van der Waals surface area contributed by atoms with E-state index in [1.807, 2.05) is 26.0 Å². The van der Waals surface area contributed by atoms with Crippen LogP contribution in [0.25, 0.3) is 0 Å². The van der Waals surface area contributed by atoms with Crippen LogP contribution in [-0.2, 0) is 6.61 Å². The molecule has 2 aromatic rings. The van der Waals surface area contributed by atoms with Crippen LogP contribution in [0.2, 0.25) is 0 Å². The van der Waals surface area contributed by atoms with E-state index in [0.29, 0.717) is 36.8 Å². The molecule has 0 aliphatic carbocycles. The van der Waals surface area contributed by atoms with Gasteiger partial charge in [0.15, 0.2) is 11.5 Å². The molecule has 0 unspecified atom stereocenters. The second-order valence-corrected chi connectivity index (χ2v) is 4.60. The number of amides is 1. The van der Waals surface area contributed by atoms with Crippen LogP contribution in [0.4, 0.5) is 0 Å². The van der Waals surface area contributed by atoms with Crippen LogP contribution in [0.1, 0.15) is 29.8 Å². The Kier molecular flexibility index (Phi) is 5.77. The maximum Gasteiger partial charge on any atom is 0.251 e. The number of hydrogen-bond acceptors (Lipinski definition) is 4. The number of rotatable bonds is 7. The molecule has 1 aromatic carbocycles. The Balaban J connectivity index is 2.14. The summed E-state index contributed by atoms with van der Waals surface area (Å²) >= 11 is 0. The van der Waals surface area contributed by atoms with E-state index in [2.05, 4.69) is 10.3 Å². The van der Waals surface area contributed by atoms with Crippen LogP contribution in [0.5, 0.6) is 11.5 Å². The third-order valence-corrected chi connectivity index (χ3v) is 2.96. The Morgan fingerprint density at radius 1 is 1.18 bits per heavy atom. The molecule has 0 aliphatic heterocycles. The minimum absolute atomic E-state index is 0.123. The van der Waals surface area contributed by atoms with Crippen LogP contribution in [-0.4, -0.2) is 24.0 Å². The molecule has 0 bridgehead atoms. The molecule has 0 saturated heterocycles. The molecule has 0 saturated carbocycles. The van der Waals surface area contributed by atoms with Crippen molar-refractivity contribution in [3.05, 3.63) is 53.9 Å². The molecule has 5 heteroatoms. The summed E-state index contributed by atoms with van der Waals surface area (Å²) in [7, 11) is 0. The second-order valence-electron chi connectivity index (χ2n) is 4.60. The summed E-state index contributed by atoms with van der Waals surface area (Å²) < 4.78 is 11.3. The van der Waals surface area contributed by atoms with E-state index >= 15 is 0 Å². The smallest absolute Gasteiger partial charge is 0.251 e. The average Bonchev–Trinajstić information content (AvgIpc) is 2.55. The molecule has 1 N–H and O–H groups in total. The number of nitrogens with one attached hydrogen (secondary N) is 1. The fourth-order valence-electron chi connectivity index (χ4n) is 1.94. The highest BCUT2D eigenvalue weighted by molar-refractivity contribution is 5.94. The van der Waals surface area contributed by atoms with E-state index in [9.17, 15) is 4.79 Å². The summed E-state index contributed by atoms with van der Waals surface area (Å²) in [6.45, 7) is 5.26. The summed E-state index contributed by atoms with van der Waals surface area (Å²) in [4.78, 5) is 15.9. The number of aromatic nitrogens is 1. The monoisotopic (exact) mass is 300 g/mol. The summed E-state index contributed by atoms with van der Waals surface area (Å²) in [5, 5.41) is 2.76. The summed E-state index contributed by atoms with van der Waals surface area (Å²) in [5.41, 5.74) is 1.52. The van der Waals surface area contributed by atoms with Gasteiger partial charge in [0.1, 0.15) is 6.61 Å². The maximum atomic E-state index is 11.9. The molecule has 5 nitrogen and oxygen atoms in total. The Morgan fingerprint density at radius 3 is 2.73 bits per heavy atom. The summed E-state index contributed by atoms with van der Waals surface area (Å²) in [6, 6.07) is 8.99. The van der Waals surface area contributed by atoms with Crippen LogP contribution in [0.3, 0.4) is 0 Å². The Morgan fingerprint density at radius 2 is 2.05 bits per heavy atom. The van der Waals surface area contributed by atoms with Crippen LogP contribution in [0.15, 0.2) is 42.7 Å². The number of pyridine rings is 1. The van der Waals surface area contributed by atoms with E-state index < -0.39 is 0 Å². The zero-order chi connectivity index (χ0) is 15.8. The lowest BCUT2D eigenvalue weighted by molar-refractivity contribution is 0.0955. The fraction of sp³-hybridized carbons (Fsp3) is 0.294. The second kappa shape index (κ2) is 8.02. The van der Waals surface area contributed by atoms with Crippen LogP contribution >= 0.6 is 0 Å². The lowest BCUT2D eigenvalue weighted by Gasteiger charge is -2.13. The molecule has 2 rings (SSSR count). The van der Waals surface area contributed by atoms with Gasteiger partial charge in [-0.2, -0.15) is 0 Å². The van der Waals surface area contributed by atoms with E-state index in [1.54, 1.807) is 30.6 Å². The standard InChI is InChI=1S/C17H20N2O3/c1-3-19-17(20)14-7-8-15(16(10-14)21-4-2)22-12-13-6-5-9-18-11-13/h5-11H,3-4,12H2,1-2H3,(H,19,20). The molecule has 0 atom stereocenters. The van der Waals surface area contributed by atoms with Crippen molar-refractivity contribution >= 4 is 5.91 Å². The van der Waals surface area contributed by atoms with Gasteiger partial charge < -0.3 is 14.8 Å². The molecule has 1 amide bonds. The predicted octanol–water partition coefficient (Wildman–Crippen LogP) is 2.81. The highest BCUT2D eigenvalue weighted by Crippen LogP contribution is 2.29. The van der Waals surface area contributed by atoms with Crippen molar-refractivity contribution in [3.63, 3.8) is 0 Å². The summed E-state index contributed by atoms with van der Waals surface area (Å²) in [5.74, 6) is 1.05. The molecule has 0 spiro atoms. The number of benzene rings is 1. The Bertz CT molecular complexity index is 615. The normalized spacial score (nSPS) is 10.1. The highest BCUT2D eigenvalue weighted by Gasteiger charge is 2.11. The first-order valence-electron chi connectivity index (χ1n) is 7.31. The largest absolute Gasteiger partial charge is 0.490 e. The molecular formula is C17H20N2O3. The minimum atomic E-state index is -0.123. The van der Waals surface area contributed by atoms with Crippen molar-refractivity contribution in [1.29, 1.82) is 0 Å². The molecule has 1 heterocycles. The topological polar surface area (TPSA) is 60.5 Å². The van der Waals surface area contributed by atoms with Gasteiger partial charge in [0, 0.05) is 30.1 Å². The van der Waals surface area contributed by atoms with Crippen molar-refractivity contribution in [3.8, 4) is 11.5 Å². The van der Waals surface area contributed by atoms with E-state index in [0.717, 1.165) is 5.56 Å². The van der Waals surface area contributed by atoms with Crippen LogP contribution in [0, 0.1) is 0 Å². The lowest BCUT2D eigenvalue weighted by Crippen LogP contribution is -2.22. The quantitative estimate of drug-likeness (QED) is 0.854. The number of carbonyl (C=O) groups excluding carboxylic acids is 1. The van der Waals surface area contributed by atoms with Crippen molar-refractivity contribution in [2.24, 2.45) is 0 Å². The van der Waals surface area contributed by atoms with E-state index in [1.165, 1.54) is 0 Å². The number of carbonyl (C=O) groups is 1. The predicted molar refractivity (Wildman–Crippen MR) is 84.2 cm³/mol. The van der Waals surface area contributed by atoms with Crippen molar-refractivity contribution in [2.75, 3.05) is 13.2 Å². The van der Waals surface area contributed by atoms with Gasteiger partial charge in [-0.3, -0.25) is 9.78 Å². The van der Waals surface area contributed by atoms with Crippen LogP contribution < -0.4 is 14.8 Å². The van der Waals surface area contributed by atoms with Gasteiger partial charge in [-0.05, 0) is 38.1 Å². The third-order valence-electron chi connectivity index (χ3n) is 2.96. The average molecular weight is 300 g/mol. The first-order valence-corrected chi connectivity index (χ1v) is 7.31. The molecule has 22 heavy (non-hydrogen) atoms. The van der Waals surface area contributed by atoms with Gasteiger partial charge in [-0.25, -0.2) is 0 Å². The van der Waals surface area contributed by atoms with Gasteiger partial charge in [-0.1, -0.05) is 6.07 Å². The van der Waals surface area contributed by atoms with Gasteiger partial charge in [0.2, 0.25) is 0 Å². The summed E-state index contributed by atoms with van der Waals surface area (Å²) in [6.07, 6.45) is 3.47. The molecule has 0 aliphatic rings. The maximum absolute atomic E-state index is 11.9. The van der Waals surface area contributed by atoms with Gasteiger partial charge in [0.25, 0.3) is 5.91 Å².